The maximum Gasteiger partial charge on any atom is 0.229 e. The first-order valence-electron chi connectivity index (χ1n) is 5.96. The lowest BCUT2D eigenvalue weighted by Gasteiger charge is -2.26. The fourth-order valence-corrected chi connectivity index (χ4v) is 2.32. The summed E-state index contributed by atoms with van der Waals surface area (Å²) in [7, 11) is 1.85. The predicted molar refractivity (Wildman–Crippen MR) is 64.2 cm³/mol. The van der Waals surface area contributed by atoms with Crippen LogP contribution in [0.1, 0.15) is 32.1 Å². The third kappa shape index (κ3) is 2.40. The van der Waals surface area contributed by atoms with E-state index in [1.165, 1.54) is 19.3 Å². The van der Waals surface area contributed by atoms with E-state index in [4.69, 9.17) is 0 Å². The first kappa shape index (κ1) is 11.1. The number of carbonyl (C=O) groups is 1. The van der Waals surface area contributed by atoms with E-state index in [1.807, 2.05) is 19.2 Å². The summed E-state index contributed by atoms with van der Waals surface area (Å²) in [6.07, 6.45) is 9.21. The molecule has 0 spiro atoms. The number of hydrogen-bond acceptors (Lipinski definition) is 2. The molecule has 2 rings (SSSR count). The van der Waals surface area contributed by atoms with Crippen LogP contribution in [0.2, 0.25) is 0 Å². The van der Waals surface area contributed by atoms with Gasteiger partial charge >= 0.3 is 0 Å². The van der Waals surface area contributed by atoms with Crippen molar-refractivity contribution < 1.29 is 4.79 Å². The molecule has 0 radical (unpaired) electrons. The second-order valence-electron chi connectivity index (χ2n) is 4.44. The van der Waals surface area contributed by atoms with Gasteiger partial charge in [0.2, 0.25) is 5.91 Å². The highest BCUT2D eigenvalue weighted by atomic mass is 16.2. The molecule has 0 aliphatic heterocycles. The Labute approximate surface area is 96.5 Å². The van der Waals surface area contributed by atoms with Gasteiger partial charge in [0, 0.05) is 31.0 Å². The molecule has 16 heavy (non-hydrogen) atoms. The zero-order valence-corrected chi connectivity index (χ0v) is 9.72. The summed E-state index contributed by atoms with van der Waals surface area (Å²) in [5.74, 6) is 0.484. The van der Waals surface area contributed by atoms with Crippen molar-refractivity contribution in [1.29, 1.82) is 0 Å². The first-order chi connectivity index (χ1) is 7.79. The Bertz CT molecular complexity index is 344. The minimum atomic E-state index is 0.229. The standard InChI is InChI=1S/C13H18N2O/c1-15(12-7-9-14-10-8-12)13(16)11-5-3-2-4-6-11/h7-11H,2-6H2,1H3. The highest BCUT2D eigenvalue weighted by Gasteiger charge is 2.24. The summed E-state index contributed by atoms with van der Waals surface area (Å²) in [6, 6.07) is 3.75. The molecule has 0 atom stereocenters. The average molecular weight is 218 g/mol. The summed E-state index contributed by atoms with van der Waals surface area (Å²) in [6.45, 7) is 0. The van der Waals surface area contributed by atoms with Gasteiger partial charge in [0.25, 0.3) is 0 Å². The van der Waals surface area contributed by atoms with Crippen LogP contribution in [-0.4, -0.2) is 17.9 Å². The molecule has 1 aromatic rings. The van der Waals surface area contributed by atoms with Crippen LogP contribution in [0.15, 0.2) is 24.5 Å². The molecule has 1 saturated carbocycles. The predicted octanol–water partition coefficient (Wildman–Crippen LogP) is 2.62. The fourth-order valence-electron chi connectivity index (χ4n) is 2.32. The van der Waals surface area contributed by atoms with Crippen molar-refractivity contribution in [1.82, 2.24) is 4.98 Å². The van der Waals surface area contributed by atoms with Gasteiger partial charge in [0.1, 0.15) is 0 Å². The zero-order valence-electron chi connectivity index (χ0n) is 9.72. The second kappa shape index (κ2) is 5.10. The van der Waals surface area contributed by atoms with Crippen molar-refractivity contribution in [2.45, 2.75) is 32.1 Å². The normalized spacial score (nSPS) is 17.1. The van der Waals surface area contributed by atoms with E-state index in [0.29, 0.717) is 0 Å². The topological polar surface area (TPSA) is 33.2 Å². The van der Waals surface area contributed by atoms with Crippen LogP contribution >= 0.6 is 0 Å². The van der Waals surface area contributed by atoms with Crippen LogP contribution in [0, 0.1) is 5.92 Å². The Morgan fingerprint density at radius 1 is 1.25 bits per heavy atom. The van der Waals surface area contributed by atoms with Crippen LogP contribution in [0.5, 0.6) is 0 Å². The smallest absolute Gasteiger partial charge is 0.229 e. The number of pyridine rings is 1. The van der Waals surface area contributed by atoms with Crippen molar-refractivity contribution in [2.75, 3.05) is 11.9 Å². The second-order valence-corrected chi connectivity index (χ2v) is 4.44. The van der Waals surface area contributed by atoms with Gasteiger partial charge in [-0.05, 0) is 25.0 Å². The third-order valence-electron chi connectivity index (χ3n) is 3.34. The molecule has 0 saturated heterocycles. The van der Waals surface area contributed by atoms with Crippen LogP contribution in [0.4, 0.5) is 5.69 Å². The van der Waals surface area contributed by atoms with Gasteiger partial charge < -0.3 is 4.90 Å². The van der Waals surface area contributed by atoms with Crippen molar-refractivity contribution in [2.24, 2.45) is 5.92 Å². The van der Waals surface area contributed by atoms with E-state index in [0.717, 1.165) is 18.5 Å². The Morgan fingerprint density at radius 2 is 1.88 bits per heavy atom. The number of nitrogens with zero attached hydrogens (tertiary/aromatic N) is 2. The molecule has 1 fully saturated rings. The average Bonchev–Trinajstić information content (AvgIpc) is 2.39. The van der Waals surface area contributed by atoms with E-state index >= 15 is 0 Å². The van der Waals surface area contributed by atoms with Crippen LogP contribution < -0.4 is 4.90 Å². The zero-order chi connectivity index (χ0) is 11.4. The van der Waals surface area contributed by atoms with Gasteiger partial charge in [0.15, 0.2) is 0 Å². The Morgan fingerprint density at radius 3 is 2.50 bits per heavy atom. The van der Waals surface area contributed by atoms with Gasteiger partial charge in [-0.2, -0.15) is 0 Å². The SMILES string of the molecule is CN(C(=O)C1CCCCC1)c1ccncc1. The molecule has 86 valence electrons. The van der Waals surface area contributed by atoms with Crippen molar-refractivity contribution in [3.05, 3.63) is 24.5 Å². The van der Waals surface area contributed by atoms with Crippen molar-refractivity contribution in [3.8, 4) is 0 Å². The number of anilines is 1. The lowest BCUT2D eigenvalue weighted by molar-refractivity contribution is -0.123. The maximum absolute atomic E-state index is 12.2. The molecule has 0 bridgehead atoms. The molecule has 1 aliphatic carbocycles. The minimum absolute atomic E-state index is 0.229. The van der Waals surface area contributed by atoms with E-state index in [-0.39, 0.29) is 11.8 Å². The molecule has 3 nitrogen and oxygen atoms in total. The van der Waals surface area contributed by atoms with E-state index in [2.05, 4.69) is 4.98 Å². The van der Waals surface area contributed by atoms with Crippen LogP contribution in [-0.2, 0) is 4.79 Å². The Kier molecular flexibility index (Phi) is 3.54. The van der Waals surface area contributed by atoms with E-state index in [1.54, 1.807) is 17.3 Å². The monoisotopic (exact) mass is 218 g/mol. The highest BCUT2D eigenvalue weighted by molar-refractivity contribution is 5.94. The maximum atomic E-state index is 12.2. The molecule has 0 N–H and O–H groups in total. The molecular formula is C13H18N2O. The number of hydrogen-bond donors (Lipinski definition) is 0. The van der Waals surface area contributed by atoms with Gasteiger partial charge in [0.05, 0.1) is 0 Å². The molecule has 1 aliphatic rings. The third-order valence-corrected chi connectivity index (χ3v) is 3.34. The largest absolute Gasteiger partial charge is 0.315 e. The number of amides is 1. The number of carbonyl (C=O) groups excluding carboxylic acids is 1. The number of aromatic nitrogens is 1. The van der Waals surface area contributed by atoms with Crippen molar-refractivity contribution in [3.63, 3.8) is 0 Å². The van der Waals surface area contributed by atoms with Gasteiger partial charge in [-0.1, -0.05) is 19.3 Å². The summed E-state index contributed by atoms with van der Waals surface area (Å²) in [5.41, 5.74) is 0.936. The fraction of sp³-hybridized carbons (Fsp3) is 0.538. The summed E-state index contributed by atoms with van der Waals surface area (Å²) < 4.78 is 0. The molecule has 3 heteroatoms. The Balaban J connectivity index is 2.04. The van der Waals surface area contributed by atoms with Crippen LogP contribution in [0.25, 0.3) is 0 Å². The lowest BCUT2D eigenvalue weighted by Crippen LogP contribution is -2.33. The summed E-state index contributed by atoms with van der Waals surface area (Å²) in [4.78, 5) is 17.9. The van der Waals surface area contributed by atoms with E-state index < -0.39 is 0 Å². The van der Waals surface area contributed by atoms with E-state index in [9.17, 15) is 4.79 Å². The molecule has 1 amide bonds. The Hall–Kier alpha value is -1.38. The lowest BCUT2D eigenvalue weighted by atomic mass is 9.88. The van der Waals surface area contributed by atoms with Crippen molar-refractivity contribution >= 4 is 11.6 Å². The molecule has 1 aromatic heterocycles. The highest BCUT2D eigenvalue weighted by Crippen LogP contribution is 2.26. The summed E-state index contributed by atoms with van der Waals surface area (Å²) in [5, 5.41) is 0. The van der Waals surface area contributed by atoms with Crippen LogP contribution in [0.3, 0.4) is 0 Å². The molecule has 0 aromatic carbocycles. The minimum Gasteiger partial charge on any atom is -0.315 e. The number of rotatable bonds is 2. The van der Waals surface area contributed by atoms with Gasteiger partial charge in [-0.25, -0.2) is 0 Å². The quantitative estimate of drug-likeness (QED) is 0.764. The molecular weight excluding hydrogens is 200 g/mol. The van der Waals surface area contributed by atoms with Gasteiger partial charge in [-0.3, -0.25) is 9.78 Å². The summed E-state index contributed by atoms with van der Waals surface area (Å²) >= 11 is 0. The van der Waals surface area contributed by atoms with Gasteiger partial charge in [-0.15, -0.1) is 0 Å². The molecule has 0 unspecified atom stereocenters. The first-order valence-corrected chi connectivity index (χ1v) is 5.96. The molecule has 1 heterocycles.